The number of nitrogens with zero attached hydrogens (tertiary/aromatic N) is 1. The van der Waals surface area contributed by atoms with Crippen LogP contribution in [0.5, 0.6) is 5.75 Å². The smallest absolute Gasteiger partial charge is 0.137 e. The molecular formula is C16H15NO. The van der Waals surface area contributed by atoms with Crippen LogP contribution < -0.4 is 4.74 Å². The Labute approximate surface area is 107 Å². The molecule has 0 aliphatic heterocycles. The van der Waals surface area contributed by atoms with Gasteiger partial charge >= 0.3 is 0 Å². The summed E-state index contributed by atoms with van der Waals surface area (Å²) in [5, 5.41) is 9.11. The molecule has 0 aromatic heterocycles. The zero-order chi connectivity index (χ0) is 12.8. The van der Waals surface area contributed by atoms with Crippen molar-refractivity contribution in [3.63, 3.8) is 0 Å². The van der Waals surface area contributed by atoms with Crippen LogP contribution in [0.25, 0.3) is 0 Å². The van der Waals surface area contributed by atoms with E-state index in [4.69, 9.17) is 10.00 Å². The van der Waals surface area contributed by atoms with Crippen molar-refractivity contribution in [2.45, 2.75) is 20.0 Å². The monoisotopic (exact) mass is 237 g/mol. The highest BCUT2D eigenvalue weighted by Crippen LogP contribution is 2.20. The van der Waals surface area contributed by atoms with Crippen molar-refractivity contribution in [1.82, 2.24) is 0 Å². The van der Waals surface area contributed by atoms with Crippen molar-refractivity contribution in [3.8, 4) is 11.8 Å². The number of ether oxygens (including phenoxy) is 1. The van der Waals surface area contributed by atoms with Crippen LogP contribution in [0.2, 0.25) is 0 Å². The molecule has 90 valence electrons. The Morgan fingerprint density at radius 3 is 2.50 bits per heavy atom. The van der Waals surface area contributed by atoms with Gasteiger partial charge in [-0.1, -0.05) is 43.3 Å². The van der Waals surface area contributed by atoms with E-state index in [1.165, 1.54) is 0 Å². The first-order valence-electron chi connectivity index (χ1n) is 6.03. The predicted molar refractivity (Wildman–Crippen MR) is 71.3 cm³/mol. The Balaban J connectivity index is 2.12. The van der Waals surface area contributed by atoms with Crippen molar-refractivity contribution < 1.29 is 4.74 Å². The van der Waals surface area contributed by atoms with Gasteiger partial charge in [-0.3, -0.25) is 0 Å². The topological polar surface area (TPSA) is 33.0 Å². The molecular weight excluding hydrogens is 222 g/mol. The summed E-state index contributed by atoms with van der Waals surface area (Å²) >= 11 is 0. The van der Waals surface area contributed by atoms with Gasteiger partial charge in [-0.2, -0.15) is 5.26 Å². The molecule has 2 rings (SSSR count). The van der Waals surface area contributed by atoms with E-state index in [0.29, 0.717) is 17.9 Å². The molecule has 0 heterocycles. The fraction of sp³-hybridized carbons (Fsp3) is 0.188. The van der Waals surface area contributed by atoms with E-state index in [1.54, 1.807) is 0 Å². The summed E-state index contributed by atoms with van der Waals surface area (Å²) in [4.78, 5) is 0. The van der Waals surface area contributed by atoms with Gasteiger partial charge in [0.2, 0.25) is 0 Å². The third-order valence-electron chi connectivity index (χ3n) is 2.81. The molecule has 0 saturated heterocycles. The first kappa shape index (κ1) is 12.2. The van der Waals surface area contributed by atoms with Crippen molar-refractivity contribution in [2.24, 2.45) is 0 Å². The summed E-state index contributed by atoms with van der Waals surface area (Å²) in [6.07, 6.45) is 0.924. The molecule has 0 aliphatic rings. The Morgan fingerprint density at radius 2 is 1.83 bits per heavy atom. The van der Waals surface area contributed by atoms with Crippen molar-refractivity contribution in [1.29, 1.82) is 5.26 Å². The summed E-state index contributed by atoms with van der Waals surface area (Å²) < 4.78 is 5.69. The molecule has 2 heteroatoms. The summed E-state index contributed by atoms with van der Waals surface area (Å²) in [6, 6.07) is 17.9. The van der Waals surface area contributed by atoms with Crippen LogP contribution in [-0.2, 0) is 13.0 Å². The second-order valence-electron chi connectivity index (χ2n) is 4.07. The molecule has 0 unspecified atom stereocenters. The summed E-state index contributed by atoms with van der Waals surface area (Å²) in [6.45, 7) is 2.56. The van der Waals surface area contributed by atoms with Crippen molar-refractivity contribution in [3.05, 3.63) is 65.2 Å². The van der Waals surface area contributed by atoms with Gasteiger partial charge < -0.3 is 4.74 Å². The van der Waals surface area contributed by atoms with Gasteiger partial charge in [0, 0.05) is 0 Å². The third-order valence-corrected chi connectivity index (χ3v) is 2.81. The van der Waals surface area contributed by atoms with Crippen LogP contribution in [0.4, 0.5) is 0 Å². The molecule has 0 radical (unpaired) electrons. The highest BCUT2D eigenvalue weighted by molar-refractivity contribution is 5.45. The first-order chi connectivity index (χ1) is 8.83. The van der Waals surface area contributed by atoms with Crippen LogP contribution in [-0.4, -0.2) is 0 Å². The van der Waals surface area contributed by atoms with Crippen LogP contribution in [0.1, 0.15) is 23.6 Å². The van der Waals surface area contributed by atoms with Gasteiger partial charge in [-0.25, -0.2) is 0 Å². The van der Waals surface area contributed by atoms with E-state index in [1.807, 2.05) is 48.5 Å². The third kappa shape index (κ3) is 2.89. The quantitative estimate of drug-likeness (QED) is 0.812. The molecule has 18 heavy (non-hydrogen) atoms. The van der Waals surface area contributed by atoms with E-state index >= 15 is 0 Å². The van der Waals surface area contributed by atoms with E-state index in [9.17, 15) is 0 Å². The van der Waals surface area contributed by atoms with Gasteiger partial charge in [-0.15, -0.1) is 0 Å². The lowest BCUT2D eigenvalue weighted by molar-refractivity contribution is 0.305. The maximum Gasteiger partial charge on any atom is 0.137 e. The molecule has 0 aliphatic carbocycles. The second kappa shape index (κ2) is 5.88. The lowest BCUT2D eigenvalue weighted by atomic mass is 10.1. The van der Waals surface area contributed by atoms with E-state index < -0.39 is 0 Å². The molecule has 0 saturated carbocycles. The van der Waals surface area contributed by atoms with Crippen LogP contribution >= 0.6 is 0 Å². The van der Waals surface area contributed by atoms with Gasteiger partial charge in [0.25, 0.3) is 0 Å². The summed E-state index contributed by atoms with van der Waals surface area (Å²) in [5.74, 6) is 0.651. The zero-order valence-corrected chi connectivity index (χ0v) is 10.4. The number of hydrogen-bond acceptors (Lipinski definition) is 2. The fourth-order valence-corrected chi connectivity index (χ4v) is 1.75. The minimum Gasteiger partial charge on any atom is -0.488 e. The summed E-state index contributed by atoms with van der Waals surface area (Å²) in [7, 11) is 0. The molecule has 0 atom stereocenters. The molecule has 2 aromatic carbocycles. The normalized spacial score (nSPS) is 9.78. The molecule has 2 aromatic rings. The first-order valence-corrected chi connectivity index (χ1v) is 6.03. The van der Waals surface area contributed by atoms with Crippen LogP contribution in [0, 0.1) is 11.3 Å². The number of nitriles is 1. The number of hydrogen-bond donors (Lipinski definition) is 0. The highest BCUT2D eigenvalue weighted by atomic mass is 16.5. The standard InChI is InChI=1S/C16H15NO/c1-2-13-8-9-16(15(10-13)11-17)18-12-14-6-4-3-5-7-14/h3-10H,2,12H2,1H3. The largest absolute Gasteiger partial charge is 0.488 e. The Bertz CT molecular complexity index is 555. The highest BCUT2D eigenvalue weighted by Gasteiger charge is 2.04. The van der Waals surface area contributed by atoms with E-state index in [-0.39, 0.29) is 0 Å². The Morgan fingerprint density at radius 1 is 1.06 bits per heavy atom. The zero-order valence-electron chi connectivity index (χ0n) is 10.4. The molecule has 0 fully saturated rings. The lowest BCUT2D eigenvalue weighted by Crippen LogP contribution is -1.97. The Hall–Kier alpha value is -2.27. The molecule has 0 bridgehead atoms. The SMILES string of the molecule is CCc1ccc(OCc2ccccc2)c(C#N)c1. The van der Waals surface area contributed by atoms with Crippen LogP contribution in [0.15, 0.2) is 48.5 Å². The lowest BCUT2D eigenvalue weighted by Gasteiger charge is -2.09. The van der Waals surface area contributed by atoms with Gasteiger partial charge in [0.05, 0.1) is 5.56 Å². The van der Waals surface area contributed by atoms with Gasteiger partial charge in [0.1, 0.15) is 18.4 Å². The van der Waals surface area contributed by atoms with E-state index in [0.717, 1.165) is 17.5 Å². The molecule has 0 spiro atoms. The number of rotatable bonds is 4. The van der Waals surface area contributed by atoms with Gasteiger partial charge in [-0.05, 0) is 29.7 Å². The molecule has 2 nitrogen and oxygen atoms in total. The average molecular weight is 237 g/mol. The van der Waals surface area contributed by atoms with E-state index in [2.05, 4.69) is 13.0 Å². The number of aryl methyl sites for hydroxylation is 1. The second-order valence-corrected chi connectivity index (χ2v) is 4.07. The predicted octanol–water partition coefficient (Wildman–Crippen LogP) is 3.70. The molecule has 0 amide bonds. The maximum atomic E-state index is 9.11. The summed E-state index contributed by atoms with van der Waals surface area (Å²) in [5.41, 5.74) is 2.85. The maximum absolute atomic E-state index is 9.11. The van der Waals surface area contributed by atoms with Crippen LogP contribution in [0.3, 0.4) is 0 Å². The van der Waals surface area contributed by atoms with Gasteiger partial charge in [0.15, 0.2) is 0 Å². The Kier molecular flexibility index (Phi) is 3.98. The van der Waals surface area contributed by atoms with Crippen molar-refractivity contribution in [2.75, 3.05) is 0 Å². The molecule has 0 N–H and O–H groups in total. The fourth-order valence-electron chi connectivity index (χ4n) is 1.75. The van der Waals surface area contributed by atoms with Crippen molar-refractivity contribution >= 4 is 0 Å². The minimum atomic E-state index is 0.487. The number of benzene rings is 2. The average Bonchev–Trinajstić information content (AvgIpc) is 2.46. The minimum absolute atomic E-state index is 0.487.